The molecule has 6 heteroatoms. The van der Waals surface area contributed by atoms with Gasteiger partial charge in [-0.2, -0.15) is 0 Å². The first kappa shape index (κ1) is 11.7. The smallest absolute Gasteiger partial charge is 0.207 e. The number of rotatable bonds is 1. The summed E-state index contributed by atoms with van der Waals surface area (Å²) in [5.74, 6) is 0. The summed E-state index contributed by atoms with van der Waals surface area (Å²) in [6.45, 7) is 1.47. The summed E-state index contributed by atoms with van der Waals surface area (Å²) in [4.78, 5) is 1.98. The van der Waals surface area contributed by atoms with Gasteiger partial charge in [-0.05, 0) is 13.0 Å². The quantitative estimate of drug-likeness (QED) is 0.458. The molecule has 2 rings (SSSR count). The van der Waals surface area contributed by atoms with Crippen LogP contribution in [0.4, 0.5) is 11.4 Å². The lowest BCUT2D eigenvalue weighted by molar-refractivity contribution is 0.00962. The number of hydrogen-bond donors (Lipinski definition) is 1. The molecule has 1 N–H and O–H groups in total. The molecule has 0 fully saturated rings. The van der Waals surface area contributed by atoms with Crippen LogP contribution in [0.3, 0.4) is 0 Å². The fourth-order valence-electron chi connectivity index (χ4n) is 1.82. The first-order chi connectivity index (χ1) is 8.00. The summed E-state index contributed by atoms with van der Waals surface area (Å²) in [6.07, 6.45) is 1.20. The van der Waals surface area contributed by atoms with Crippen molar-refractivity contribution in [1.29, 1.82) is 0 Å². The molecule has 1 unspecified atom stereocenters. The third-order valence-electron chi connectivity index (χ3n) is 2.68. The molecule has 0 radical (unpaired) electrons. The summed E-state index contributed by atoms with van der Waals surface area (Å²) in [5, 5.41) is 34.7. The van der Waals surface area contributed by atoms with Crippen molar-refractivity contribution in [2.45, 2.75) is 6.92 Å². The Bertz CT molecular complexity index is 508. The van der Waals surface area contributed by atoms with Crippen LogP contribution in [0, 0.1) is 10.4 Å². The number of allylic oxidation sites excluding steroid dienone is 2. The number of para-hydroxylation sites is 2. The van der Waals surface area contributed by atoms with Crippen LogP contribution in [0.5, 0.6) is 0 Å². The number of anilines is 1. The molecule has 0 aromatic heterocycles. The molecule has 0 saturated carbocycles. The molecule has 0 saturated heterocycles. The van der Waals surface area contributed by atoms with E-state index in [0.29, 0.717) is 5.06 Å². The Labute approximate surface area is 98.4 Å². The van der Waals surface area contributed by atoms with Crippen LogP contribution in [0.1, 0.15) is 6.92 Å². The molecule has 0 bridgehead atoms. The Morgan fingerprint density at radius 1 is 1.41 bits per heavy atom. The predicted octanol–water partition coefficient (Wildman–Crippen LogP) is 2.13. The van der Waals surface area contributed by atoms with E-state index in [0.717, 1.165) is 0 Å². The Morgan fingerprint density at radius 3 is 2.71 bits per heavy atom. The lowest BCUT2D eigenvalue weighted by atomic mass is 10.1. The van der Waals surface area contributed by atoms with Crippen molar-refractivity contribution in [1.82, 2.24) is 4.81 Å². The second kappa shape index (κ2) is 3.94. The zero-order valence-electron chi connectivity index (χ0n) is 9.49. The van der Waals surface area contributed by atoms with Crippen molar-refractivity contribution in [2.24, 2.45) is 4.99 Å². The van der Waals surface area contributed by atoms with E-state index in [-0.39, 0.29) is 22.8 Å². The highest BCUT2D eigenvalue weighted by Crippen LogP contribution is 2.41. The summed E-state index contributed by atoms with van der Waals surface area (Å²) >= 11 is 0. The molecule has 1 aliphatic rings. The van der Waals surface area contributed by atoms with E-state index in [1.165, 1.54) is 32.3 Å². The number of hydroxylamine groups is 3. The highest BCUT2D eigenvalue weighted by atomic mass is 16.8. The number of nitrogens with zero attached hydrogens (tertiary/aromatic N) is 3. The van der Waals surface area contributed by atoms with Crippen LogP contribution in [0.15, 0.2) is 40.7 Å². The molecule has 1 aromatic carbocycles. The molecule has 1 atom stereocenters. The maximum atomic E-state index is 12.2. The third-order valence-corrected chi connectivity index (χ3v) is 2.68. The van der Waals surface area contributed by atoms with Crippen molar-refractivity contribution < 1.29 is 5.21 Å². The minimum absolute atomic E-state index is 0.0111. The van der Waals surface area contributed by atoms with Crippen LogP contribution < -0.4 is 9.87 Å². The molecular weight excluding hydrogens is 222 g/mol. The fraction of sp³-hybridized carbons (Fsp3) is 0.182. The van der Waals surface area contributed by atoms with Crippen molar-refractivity contribution in [3.05, 3.63) is 46.1 Å². The zero-order valence-corrected chi connectivity index (χ0v) is 9.49. The van der Waals surface area contributed by atoms with Crippen LogP contribution in [-0.4, -0.2) is 18.5 Å². The summed E-state index contributed by atoms with van der Waals surface area (Å²) in [5.41, 5.74) is 0.187. The summed E-state index contributed by atoms with van der Waals surface area (Å²) < 4.78 is 0. The van der Waals surface area contributed by atoms with E-state index in [2.05, 4.69) is 4.99 Å². The monoisotopic (exact) mass is 234 g/mol. The van der Waals surface area contributed by atoms with Crippen LogP contribution in [0.25, 0.3) is 0 Å². The molecule has 90 valence electrons. The Morgan fingerprint density at radius 2 is 2.06 bits per heavy atom. The number of hydrogen-bond acceptors (Lipinski definition) is 5. The van der Waals surface area contributed by atoms with Gasteiger partial charge in [0.15, 0.2) is 5.69 Å². The molecule has 0 aliphatic carbocycles. The first-order valence-corrected chi connectivity index (χ1v) is 5.03. The average molecular weight is 234 g/mol. The SMILES string of the molecule is CN=CC1=C(C)N([O-])c2ccccc2[N+]1([O-])O. The Kier molecular flexibility index (Phi) is 2.72. The van der Waals surface area contributed by atoms with E-state index in [1.54, 1.807) is 12.1 Å². The minimum atomic E-state index is -1.71. The molecule has 1 aromatic rings. The van der Waals surface area contributed by atoms with E-state index in [9.17, 15) is 15.6 Å². The van der Waals surface area contributed by atoms with Gasteiger partial charge < -0.3 is 15.5 Å². The van der Waals surface area contributed by atoms with Gasteiger partial charge in [0, 0.05) is 13.1 Å². The normalized spacial score (nSPS) is 24.4. The third kappa shape index (κ3) is 1.63. The molecule has 17 heavy (non-hydrogen) atoms. The van der Waals surface area contributed by atoms with Crippen LogP contribution in [0.2, 0.25) is 0 Å². The van der Waals surface area contributed by atoms with Crippen molar-refractivity contribution in [3.63, 3.8) is 0 Å². The zero-order chi connectivity index (χ0) is 12.6. The van der Waals surface area contributed by atoms with Crippen molar-refractivity contribution >= 4 is 17.6 Å². The highest BCUT2D eigenvalue weighted by molar-refractivity contribution is 5.89. The van der Waals surface area contributed by atoms with Gasteiger partial charge in [0.05, 0.1) is 17.6 Å². The predicted molar refractivity (Wildman–Crippen MR) is 66.4 cm³/mol. The lowest BCUT2D eigenvalue weighted by Gasteiger charge is -2.45. The van der Waals surface area contributed by atoms with Gasteiger partial charge in [-0.25, -0.2) is 5.21 Å². The largest absolute Gasteiger partial charge is 0.754 e. The number of aliphatic imine (C=N–C) groups is 1. The van der Waals surface area contributed by atoms with E-state index in [1.807, 2.05) is 0 Å². The van der Waals surface area contributed by atoms with Crippen molar-refractivity contribution in [3.8, 4) is 0 Å². The maximum absolute atomic E-state index is 12.2. The molecular formula is C11H12N3O3-. The lowest BCUT2D eigenvalue weighted by Crippen LogP contribution is -2.45. The Hall–Kier alpha value is -1.73. The average Bonchev–Trinajstić information content (AvgIpc) is 2.32. The summed E-state index contributed by atoms with van der Waals surface area (Å²) in [6, 6.07) is 6.14. The molecule has 0 amide bonds. The van der Waals surface area contributed by atoms with Gasteiger partial charge in [-0.15, -0.1) is 4.81 Å². The van der Waals surface area contributed by atoms with Gasteiger partial charge in [0.25, 0.3) is 0 Å². The van der Waals surface area contributed by atoms with Crippen LogP contribution in [-0.2, 0) is 0 Å². The van der Waals surface area contributed by atoms with Gasteiger partial charge >= 0.3 is 0 Å². The van der Waals surface area contributed by atoms with E-state index >= 15 is 0 Å². The van der Waals surface area contributed by atoms with Gasteiger partial charge in [-0.3, -0.25) is 4.99 Å². The second-order valence-electron chi connectivity index (χ2n) is 3.72. The molecule has 6 nitrogen and oxygen atoms in total. The minimum Gasteiger partial charge on any atom is -0.754 e. The number of benzene rings is 1. The summed E-state index contributed by atoms with van der Waals surface area (Å²) in [7, 11) is 1.47. The van der Waals surface area contributed by atoms with Gasteiger partial charge in [0.2, 0.25) is 5.70 Å². The van der Waals surface area contributed by atoms with E-state index in [4.69, 9.17) is 0 Å². The second-order valence-corrected chi connectivity index (χ2v) is 3.72. The van der Waals surface area contributed by atoms with Crippen LogP contribution >= 0.6 is 0 Å². The van der Waals surface area contributed by atoms with Gasteiger partial charge in [0.1, 0.15) is 0 Å². The van der Waals surface area contributed by atoms with Gasteiger partial charge in [-0.1, -0.05) is 12.1 Å². The Balaban J connectivity index is 2.70. The molecule has 1 heterocycles. The topological polar surface area (TPSA) is 82.0 Å². The number of fused-ring (bicyclic) bond motifs is 1. The molecule has 1 aliphatic heterocycles. The fourth-order valence-corrected chi connectivity index (χ4v) is 1.82. The molecule has 0 spiro atoms. The highest BCUT2D eigenvalue weighted by Gasteiger charge is 2.34. The van der Waals surface area contributed by atoms with E-state index < -0.39 is 4.81 Å². The number of quaternary nitrogens is 1. The van der Waals surface area contributed by atoms with Crippen molar-refractivity contribution in [2.75, 3.05) is 12.1 Å². The standard InChI is InChI=1S/C11H12N3O3/c1-8-11(7-12-2)14(16,17)10-6-4-3-5-9(10)13(8)15/h3-7,16H,1-2H3/q-1. The first-order valence-electron chi connectivity index (χ1n) is 5.03. The maximum Gasteiger partial charge on any atom is 0.207 e.